The van der Waals surface area contributed by atoms with Gasteiger partial charge in [-0.1, -0.05) is 17.7 Å². The SMILES string of the molecule is O=C(O)CN(CCCC1CCCO1)c1cccc(Cl)c1. The second-order valence-electron chi connectivity index (χ2n) is 5.07. The number of rotatable bonds is 7. The summed E-state index contributed by atoms with van der Waals surface area (Å²) >= 11 is 5.97. The number of carboxylic acids is 1. The summed E-state index contributed by atoms with van der Waals surface area (Å²) < 4.78 is 5.58. The molecule has 110 valence electrons. The predicted molar refractivity (Wildman–Crippen MR) is 79.5 cm³/mol. The highest BCUT2D eigenvalue weighted by Crippen LogP contribution is 2.21. The number of ether oxygens (including phenoxy) is 1. The highest BCUT2D eigenvalue weighted by molar-refractivity contribution is 6.30. The zero-order valence-corrected chi connectivity index (χ0v) is 12.2. The highest BCUT2D eigenvalue weighted by Gasteiger charge is 2.16. The number of hydrogen-bond acceptors (Lipinski definition) is 3. The molecule has 0 radical (unpaired) electrons. The Labute approximate surface area is 124 Å². The van der Waals surface area contributed by atoms with Gasteiger partial charge in [-0.2, -0.15) is 0 Å². The van der Waals surface area contributed by atoms with Crippen LogP contribution in [0.1, 0.15) is 25.7 Å². The number of halogens is 1. The zero-order valence-electron chi connectivity index (χ0n) is 11.4. The molecule has 1 aliphatic heterocycles. The maximum Gasteiger partial charge on any atom is 0.323 e. The Morgan fingerprint density at radius 1 is 1.50 bits per heavy atom. The Balaban J connectivity index is 1.91. The third kappa shape index (κ3) is 4.69. The molecule has 2 rings (SSSR count). The first-order chi connectivity index (χ1) is 9.65. The number of aliphatic carboxylic acids is 1. The number of carboxylic acid groups (broad SMARTS) is 1. The molecule has 1 atom stereocenters. The summed E-state index contributed by atoms with van der Waals surface area (Å²) in [5.41, 5.74) is 0.854. The van der Waals surface area contributed by atoms with E-state index in [-0.39, 0.29) is 6.54 Å². The smallest absolute Gasteiger partial charge is 0.323 e. The maximum atomic E-state index is 11.0. The molecule has 0 aliphatic carbocycles. The lowest BCUT2D eigenvalue weighted by Crippen LogP contribution is -2.31. The van der Waals surface area contributed by atoms with Crippen LogP contribution in [0.5, 0.6) is 0 Å². The Bertz CT molecular complexity index is 446. The van der Waals surface area contributed by atoms with Gasteiger partial charge in [-0.3, -0.25) is 4.79 Å². The quantitative estimate of drug-likeness (QED) is 0.840. The second-order valence-corrected chi connectivity index (χ2v) is 5.51. The molecule has 1 aliphatic rings. The van der Waals surface area contributed by atoms with Crippen molar-refractivity contribution in [3.05, 3.63) is 29.3 Å². The molecule has 1 aromatic rings. The van der Waals surface area contributed by atoms with Crippen LogP contribution in [-0.4, -0.2) is 36.9 Å². The van der Waals surface area contributed by atoms with Crippen LogP contribution in [0.3, 0.4) is 0 Å². The van der Waals surface area contributed by atoms with Gasteiger partial charge in [-0.15, -0.1) is 0 Å². The van der Waals surface area contributed by atoms with Crippen LogP contribution in [0.2, 0.25) is 5.02 Å². The van der Waals surface area contributed by atoms with E-state index in [0.29, 0.717) is 17.7 Å². The molecule has 1 unspecified atom stereocenters. The molecule has 0 amide bonds. The molecule has 0 aromatic heterocycles. The van der Waals surface area contributed by atoms with Gasteiger partial charge < -0.3 is 14.7 Å². The minimum atomic E-state index is -0.831. The van der Waals surface area contributed by atoms with Gasteiger partial charge in [0.05, 0.1) is 6.10 Å². The fourth-order valence-corrected chi connectivity index (χ4v) is 2.70. The third-order valence-electron chi connectivity index (χ3n) is 3.48. The molecule has 1 N–H and O–H groups in total. The molecular weight excluding hydrogens is 278 g/mol. The molecule has 0 bridgehead atoms. The second kappa shape index (κ2) is 7.50. The molecular formula is C15H20ClNO3. The standard InChI is InChI=1S/C15H20ClNO3/c16-12-4-1-5-13(10-12)17(11-15(18)19)8-2-6-14-7-3-9-20-14/h1,4-5,10,14H,2-3,6-9,11H2,(H,18,19). The van der Waals surface area contributed by atoms with E-state index in [1.165, 1.54) is 0 Å². The molecule has 20 heavy (non-hydrogen) atoms. The Kier molecular flexibility index (Phi) is 5.68. The first-order valence-electron chi connectivity index (χ1n) is 6.99. The number of benzene rings is 1. The Morgan fingerprint density at radius 3 is 3.00 bits per heavy atom. The molecule has 4 nitrogen and oxygen atoms in total. The third-order valence-corrected chi connectivity index (χ3v) is 3.71. The largest absolute Gasteiger partial charge is 0.480 e. The van der Waals surface area contributed by atoms with Crippen molar-refractivity contribution in [3.8, 4) is 0 Å². The highest BCUT2D eigenvalue weighted by atomic mass is 35.5. The first kappa shape index (κ1) is 15.1. The summed E-state index contributed by atoms with van der Waals surface area (Å²) in [5.74, 6) is -0.831. The first-order valence-corrected chi connectivity index (χ1v) is 7.37. The number of nitrogens with zero attached hydrogens (tertiary/aromatic N) is 1. The maximum absolute atomic E-state index is 11.0. The van der Waals surface area contributed by atoms with Crippen LogP contribution in [0.25, 0.3) is 0 Å². The fourth-order valence-electron chi connectivity index (χ4n) is 2.52. The lowest BCUT2D eigenvalue weighted by atomic mass is 10.1. The van der Waals surface area contributed by atoms with E-state index >= 15 is 0 Å². The van der Waals surface area contributed by atoms with Gasteiger partial charge in [0.1, 0.15) is 6.54 Å². The topological polar surface area (TPSA) is 49.8 Å². The van der Waals surface area contributed by atoms with Gasteiger partial charge in [0.25, 0.3) is 0 Å². The van der Waals surface area contributed by atoms with Crippen molar-refractivity contribution in [2.75, 3.05) is 24.6 Å². The molecule has 1 saturated heterocycles. The minimum Gasteiger partial charge on any atom is -0.480 e. The lowest BCUT2D eigenvalue weighted by Gasteiger charge is -2.23. The van der Waals surface area contributed by atoms with Crippen LogP contribution >= 0.6 is 11.6 Å². The van der Waals surface area contributed by atoms with E-state index in [4.69, 9.17) is 21.4 Å². The minimum absolute atomic E-state index is 0.00807. The van der Waals surface area contributed by atoms with Crippen molar-refractivity contribution >= 4 is 23.3 Å². The van der Waals surface area contributed by atoms with Crippen molar-refractivity contribution in [1.29, 1.82) is 0 Å². The summed E-state index contributed by atoms with van der Waals surface area (Å²) in [4.78, 5) is 12.8. The Morgan fingerprint density at radius 2 is 2.35 bits per heavy atom. The zero-order chi connectivity index (χ0) is 14.4. The predicted octanol–water partition coefficient (Wildman–Crippen LogP) is 3.19. The molecule has 1 heterocycles. The summed E-state index contributed by atoms with van der Waals surface area (Å²) in [6.07, 6.45) is 4.51. The lowest BCUT2D eigenvalue weighted by molar-refractivity contribution is -0.135. The van der Waals surface area contributed by atoms with Crippen molar-refractivity contribution < 1.29 is 14.6 Å². The fraction of sp³-hybridized carbons (Fsp3) is 0.533. The molecule has 5 heteroatoms. The average molecular weight is 298 g/mol. The van der Waals surface area contributed by atoms with Crippen molar-refractivity contribution in [2.45, 2.75) is 31.8 Å². The van der Waals surface area contributed by atoms with E-state index < -0.39 is 5.97 Å². The van der Waals surface area contributed by atoms with Crippen LogP contribution in [-0.2, 0) is 9.53 Å². The number of carbonyl (C=O) groups is 1. The van der Waals surface area contributed by atoms with Gasteiger partial charge in [-0.05, 0) is 43.9 Å². The monoisotopic (exact) mass is 297 g/mol. The summed E-state index contributed by atoms with van der Waals surface area (Å²) in [5, 5.41) is 9.65. The molecule has 0 spiro atoms. The average Bonchev–Trinajstić information content (AvgIpc) is 2.90. The normalized spacial score (nSPS) is 18.1. The number of anilines is 1. The molecule has 1 aromatic carbocycles. The van der Waals surface area contributed by atoms with E-state index in [2.05, 4.69) is 0 Å². The van der Waals surface area contributed by atoms with Crippen LogP contribution in [0, 0.1) is 0 Å². The van der Waals surface area contributed by atoms with Crippen LogP contribution in [0.4, 0.5) is 5.69 Å². The van der Waals surface area contributed by atoms with E-state index in [9.17, 15) is 4.79 Å². The van der Waals surface area contributed by atoms with Gasteiger partial charge in [0.2, 0.25) is 0 Å². The van der Waals surface area contributed by atoms with Gasteiger partial charge in [0, 0.05) is 23.9 Å². The number of hydrogen-bond donors (Lipinski definition) is 1. The van der Waals surface area contributed by atoms with Crippen LogP contribution in [0.15, 0.2) is 24.3 Å². The van der Waals surface area contributed by atoms with Gasteiger partial charge in [-0.25, -0.2) is 0 Å². The summed E-state index contributed by atoms with van der Waals surface area (Å²) in [6.45, 7) is 1.55. The van der Waals surface area contributed by atoms with E-state index in [1.54, 1.807) is 12.1 Å². The van der Waals surface area contributed by atoms with Crippen LogP contribution < -0.4 is 4.90 Å². The van der Waals surface area contributed by atoms with Crippen molar-refractivity contribution in [3.63, 3.8) is 0 Å². The van der Waals surface area contributed by atoms with Crippen molar-refractivity contribution in [1.82, 2.24) is 0 Å². The summed E-state index contributed by atoms with van der Waals surface area (Å²) in [6, 6.07) is 7.32. The van der Waals surface area contributed by atoms with E-state index in [1.807, 2.05) is 17.0 Å². The molecule has 0 saturated carbocycles. The van der Waals surface area contributed by atoms with E-state index in [0.717, 1.165) is 38.0 Å². The molecule has 1 fully saturated rings. The van der Waals surface area contributed by atoms with Gasteiger partial charge >= 0.3 is 5.97 Å². The summed E-state index contributed by atoms with van der Waals surface area (Å²) in [7, 11) is 0. The van der Waals surface area contributed by atoms with Gasteiger partial charge in [0.15, 0.2) is 0 Å². The van der Waals surface area contributed by atoms with Crippen molar-refractivity contribution in [2.24, 2.45) is 0 Å². The Hall–Kier alpha value is -1.26.